The summed E-state index contributed by atoms with van der Waals surface area (Å²) in [6, 6.07) is 0.485. The molecular weight excluding hydrogens is 244 g/mol. The Kier molecular flexibility index (Phi) is 5.76. The summed E-state index contributed by atoms with van der Waals surface area (Å²) in [4.78, 5) is 7.09. The molecule has 0 radical (unpaired) electrons. The highest BCUT2D eigenvalue weighted by Gasteiger charge is 2.18. The summed E-state index contributed by atoms with van der Waals surface area (Å²) in [5.74, 6) is 0. The quantitative estimate of drug-likeness (QED) is 0.863. The minimum absolute atomic E-state index is 0.127. The third kappa shape index (κ3) is 4.67. The summed E-state index contributed by atoms with van der Waals surface area (Å²) in [5, 5.41) is 12.3. The first-order chi connectivity index (χ1) is 8.34. The van der Waals surface area contributed by atoms with Crippen LogP contribution in [0, 0.1) is 0 Å². The van der Waals surface area contributed by atoms with Crippen LogP contribution < -0.4 is 0 Å². The molecule has 1 aromatic rings. The molecule has 0 saturated heterocycles. The molecule has 1 rings (SSSR count). The van der Waals surface area contributed by atoms with E-state index in [0.29, 0.717) is 6.04 Å². The highest BCUT2D eigenvalue weighted by molar-refractivity contribution is 7.09. The number of aromatic nitrogens is 1. The molecule has 18 heavy (non-hydrogen) atoms. The Morgan fingerprint density at radius 2 is 2.06 bits per heavy atom. The normalized spacial score (nSPS) is 12.7. The minimum Gasteiger partial charge on any atom is -0.396 e. The van der Waals surface area contributed by atoms with Crippen LogP contribution in [0.25, 0.3) is 0 Å². The molecule has 0 aliphatic rings. The summed E-state index contributed by atoms with van der Waals surface area (Å²) in [6.07, 6.45) is 0.829. The molecule has 0 saturated carbocycles. The van der Waals surface area contributed by atoms with Gasteiger partial charge in [0.1, 0.15) is 5.01 Å². The minimum atomic E-state index is 0.127. The molecule has 0 bridgehead atoms. The van der Waals surface area contributed by atoms with Gasteiger partial charge in [-0.3, -0.25) is 4.90 Å². The van der Waals surface area contributed by atoms with Crippen LogP contribution in [-0.2, 0) is 12.0 Å². The zero-order valence-corrected chi connectivity index (χ0v) is 13.0. The molecule has 0 aromatic carbocycles. The Labute approximate surface area is 115 Å². The van der Waals surface area contributed by atoms with Crippen molar-refractivity contribution in [3.05, 3.63) is 16.1 Å². The van der Waals surface area contributed by atoms with Gasteiger partial charge in [-0.1, -0.05) is 20.8 Å². The van der Waals surface area contributed by atoms with E-state index < -0.39 is 0 Å². The molecule has 0 aliphatic carbocycles. The van der Waals surface area contributed by atoms with Gasteiger partial charge in [0.2, 0.25) is 0 Å². The first-order valence-electron chi connectivity index (χ1n) is 6.64. The van der Waals surface area contributed by atoms with E-state index in [4.69, 9.17) is 10.1 Å². The summed E-state index contributed by atoms with van der Waals surface area (Å²) >= 11 is 1.74. The van der Waals surface area contributed by atoms with E-state index in [-0.39, 0.29) is 12.0 Å². The maximum absolute atomic E-state index is 8.93. The molecule has 0 spiro atoms. The number of hydrogen-bond acceptors (Lipinski definition) is 4. The number of hydrogen-bond donors (Lipinski definition) is 1. The van der Waals surface area contributed by atoms with Crippen molar-refractivity contribution in [1.29, 1.82) is 0 Å². The van der Waals surface area contributed by atoms with Gasteiger partial charge in [0.05, 0.1) is 12.2 Å². The SMILES string of the molecule is CC(C)N(CCCO)Cc1nc(C(C)(C)C)cs1. The zero-order chi connectivity index (χ0) is 13.8. The number of aliphatic hydroxyl groups is 1. The van der Waals surface area contributed by atoms with Crippen molar-refractivity contribution in [2.75, 3.05) is 13.2 Å². The van der Waals surface area contributed by atoms with Crippen LogP contribution in [-0.4, -0.2) is 34.2 Å². The van der Waals surface area contributed by atoms with E-state index in [1.165, 1.54) is 10.7 Å². The lowest BCUT2D eigenvalue weighted by Crippen LogP contribution is -2.31. The fraction of sp³-hybridized carbons (Fsp3) is 0.786. The number of thiazole rings is 1. The Morgan fingerprint density at radius 3 is 2.50 bits per heavy atom. The van der Waals surface area contributed by atoms with Gasteiger partial charge in [0.25, 0.3) is 0 Å². The van der Waals surface area contributed by atoms with Crippen LogP contribution in [0.1, 0.15) is 51.7 Å². The second kappa shape index (κ2) is 6.64. The van der Waals surface area contributed by atoms with Crippen LogP contribution in [0.2, 0.25) is 0 Å². The van der Waals surface area contributed by atoms with Gasteiger partial charge in [-0.2, -0.15) is 0 Å². The molecule has 0 amide bonds. The monoisotopic (exact) mass is 270 g/mol. The average Bonchev–Trinajstić information content (AvgIpc) is 2.71. The molecule has 1 N–H and O–H groups in total. The van der Waals surface area contributed by atoms with Gasteiger partial charge in [-0.15, -0.1) is 11.3 Å². The third-order valence-electron chi connectivity index (χ3n) is 2.99. The summed E-state index contributed by atoms with van der Waals surface area (Å²) in [5.41, 5.74) is 1.30. The smallest absolute Gasteiger partial charge is 0.107 e. The topological polar surface area (TPSA) is 36.4 Å². The molecule has 1 aromatic heterocycles. The van der Waals surface area contributed by atoms with Gasteiger partial charge in [0, 0.05) is 30.0 Å². The molecule has 0 fully saturated rings. The van der Waals surface area contributed by atoms with Crippen molar-refractivity contribution in [2.24, 2.45) is 0 Å². The van der Waals surface area contributed by atoms with Crippen LogP contribution in [0.4, 0.5) is 0 Å². The molecule has 3 nitrogen and oxygen atoms in total. The summed E-state index contributed by atoms with van der Waals surface area (Å²) in [7, 11) is 0. The van der Waals surface area contributed by atoms with Gasteiger partial charge < -0.3 is 5.11 Å². The van der Waals surface area contributed by atoms with Crippen molar-refractivity contribution in [2.45, 2.75) is 59.0 Å². The van der Waals surface area contributed by atoms with E-state index in [2.05, 4.69) is 44.9 Å². The molecule has 1 heterocycles. The van der Waals surface area contributed by atoms with Crippen LogP contribution in [0.5, 0.6) is 0 Å². The van der Waals surface area contributed by atoms with Gasteiger partial charge in [-0.05, 0) is 20.3 Å². The maximum atomic E-state index is 8.93. The second-order valence-corrected chi connectivity index (χ2v) is 6.96. The second-order valence-electron chi connectivity index (χ2n) is 6.02. The predicted molar refractivity (Wildman–Crippen MR) is 78.1 cm³/mol. The van der Waals surface area contributed by atoms with E-state index >= 15 is 0 Å². The molecular formula is C14H26N2OS. The summed E-state index contributed by atoms with van der Waals surface area (Å²) < 4.78 is 0. The largest absolute Gasteiger partial charge is 0.396 e. The molecule has 104 valence electrons. The third-order valence-corrected chi connectivity index (χ3v) is 3.83. The lowest BCUT2D eigenvalue weighted by Gasteiger charge is -2.25. The van der Waals surface area contributed by atoms with E-state index in [9.17, 15) is 0 Å². The van der Waals surface area contributed by atoms with E-state index in [1.54, 1.807) is 11.3 Å². The predicted octanol–water partition coefficient (Wildman–Crippen LogP) is 3.03. The fourth-order valence-electron chi connectivity index (χ4n) is 1.70. The standard InChI is InChI=1S/C14H26N2OS/c1-11(2)16(7-6-8-17)9-13-15-12(10-18-13)14(3,4)5/h10-11,17H,6-9H2,1-5H3. The van der Waals surface area contributed by atoms with Crippen molar-refractivity contribution >= 4 is 11.3 Å². The number of aliphatic hydroxyl groups excluding tert-OH is 1. The van der Waals surface area contributed by atoms with Crippen molar-refractivity contribution in [3.8, 4) is 0 Å². The molecule has 0 unspecified atom stereocenters. The fourth-order valence-corrected chi connectivity index (χ4v) is 2.74. The van der Waals surface area contributed by atoms with E-state index in [1.807, 2.05) is 0 Å². The zero-order valence-electron chi connectivity index (χ0n) is 12.2. The van der Waals surface area contributed by atoms with Crippen LogP contribution in [0.15, 0.2) is 5.38 Å². The average molecular weight is 270 g/mol. The molecule has 0 aliphatic heterocycles. The number of nitrogens with zero attached hydrogens (tertiary/aromatic N) is 2. The van der Waals surface area contributed by atoms with Gasteiger partial charge in [0.15, 0.2) is 0 Å². The Hall–Kier alpha value is -0.450. The van der Waals surface area contributed by atoms with Gasteiger partial charge in [-0.25, -0.2) is 4.98 Å². The molecule has 4 heteroatoms. The van der Waals surface area contributed by atoms with Crippen LogP contribution in [0.3, 0.4) is 0 Å². The van der Waals surface area contributed by atoms with E-state index in [0.717, 1.165) is 19.5 Å². The highest BCUT2D eigenvalue weighted by Crippen LogP contribution is 2.24. The molecule has 0 atom stereocenters. The first kappa shape index (κ1) is 15.6. The van der Waals surface area contributed by atoms with Gasteiger partial charge >= 0.3 is 0 Å². The Balaban J connectivity index is 2.66. The number of rotatable bonds is 6. The summed E-state index contributed by atoms with van der Waals surface area (Å²) in [6.45, 7) is 13.0. The van der Waals surface area contributed by atoms with Crippen molar-refractivity contribution in [1.82, 2.24) is 9.88 Å². The lowest BCUT2D eigenvalue weighted by atomic mass is 9.93. The Bertz CT molecular complexity index is 355. The maximum Gasteiger partial charge on any atom is 0.107 e. The Morgan fingerprint density at radius 1 is 1.39 bits per heavy atom. The first-order valence-corrected chi connectivity index (χ1v) is 7.52. The van der Waals surface area contributed by atoms with Crippen molar-refractivity contribution in [3.63, 3.8) is 0 Å². The highest BCUT2D eigenvalue weighted by atomic mass is 32.1. The lowest BCUT2D eigenvalue weighted by molar-refractivity contribution is 0.184. The van der Waals surface area contributed by atoms with Crippen LogP contribution >= 0.6 is 11.3 Å². The van der Waals surface area contributed by atoms with Crippen molar-refractivity contribution < 1.29 is 5.11 Å².